The van der Waals surface area contributed by atoms with Crippen molar-refractivity contribution in [1.29, 1.82) is 0 Å². The summed E-state index contributed by atoms with van der Waals surface area (Å²) in [5, 5.41) is 6.05. The van der Waals surface area contributed by atoms with Crippen LogP contribution < -0.4 is 10.6 Å². The van der Waals surface area contributed by atoms with Gasteiger partial charge in [-0.25, -0.2) is 4.39 Å². The van der Waals surface area contributed by atoms with Crippen molar-refractivity contribution in [1.82, 2.24) is 10.6 Å². The number of hydrogen-bond acceptors (Lipinski definition) is 3. The van der Waals surface area contributed by atoms with Crippen LogP contribution in [0.1, 0.15) is 42.5 Å². The summed E-state index contributed by atoms with van der Waals surface area (Å²) in [6, 6.07) is 3.43. The van der Waals surface area contributed by atoms with Crippen molar-refractivity contribution in [2.75, 3.05) is 19.7 Å². The van der Waals surface area contributed by atoms with E-state index in [0.29, 0.717) is 17.7 Å². The van der Waals surface area contributed by atoms with Crippen LogP contribution in [-0.2, 0) is 9.53 Å². The molecule has 1 aromatic rings. The van der Waals surface area contributed by atoms with Gasteiger partial charge in [-0.2, -0.15) is 0 Å². The molecule has 1 aliphatic heterocycles. The average molecular weight is 308 g/mol. The summed E-state index contributed by atoms with van der Waals surface area (Å²) in [6.07, 6.45) is 2.38. The van der Waals surface area contributed by atoms with Gasteiger partial charge in [-0.05, 0) is 50.3 Å². The number of nitrogens with one attached hydrogen (secondary N) is 2. The highest BCUT2D eigenvalue weighted by molar-refractivity contribution is 5.78. The first-order valence-electron chi connectivity index (χ1n) is 7.85. The van der Waals surface area contributed by atoms with Gasteiger partial charge in [-0.15, -0.1) is 0 Å². The fourth-order valence-corrected chi connectivity index (χ4v) is 2.76. The van der Waals surface area contributed by atoms with Crippen molar-refractivity contribution in [3.05, 3.63) is 34.6 Å². The molecule has 4 nitrogen and oxygen atoms in total. The van der Waals surface area contributed by atoms with Gasteiger partial charge in [0.2, 0.25) is 5.91 Å². The molecule has 0 aliphatic carbocycles. The van der Waals surface area contributed by atoms with E-state index < -0.39 is 0 Å². The monoisotopic (exact) mass is 308 g/mol. The molecule has 1 aromatic carbocycles. The second kappa shape index (κ2) is 7.70. The van der Waals surface area contributed by atoms with E-state index in [1.54, 1.807) is 26.0 Å². The molecule has 122 valence electrons. The summed E-state index contributed by atoms with van der Waals surface area (Å²) in [5.41, 5.74) is 2.13. The largest absolute Gasteiger partial charge is 0.377 e. The van der Waals surface area contributed by atoms with Crippen LogP contribution in [0.3, 0.4) is 0 Å². The minimum Gasteiger partial charge on any atom is -0.377 e. The van der Waals surface area contributed by atoms with Crippen LogP contribution in [0.2, 0.25) is 0 Å². The highest BCUT2D eigenvalue weighted by Gasteiger charge is 2.16. The first kappa shape index (κ1) is 16.9. The topological polar surface area (TPSA) is 50.4 Å². The predicted molar refractivity (Wildman–Crippen MR) is 84.3 cm³/mol. The van der Waals surface area contributed by atoms with Crippen molar-refractivity contribution in [2.24, 2.45) is 0 Å². The summed E-state index contributed by atoms with van der Waals surface area (Å²) >= 11 is 0. The van der Waals surface area contributed by atoms with Gasteiger partial charge in [0, 0.05) is 13.2 Å². The fourth-order valence-electron chi connectivity index (χ4n) is 2.76. The van der Waals surface area contributed by atoms with Crippen molar-refractivity contribution >= 4 is 5.91 Å². The quantitative estimate of drug-likeness (QED) is 0.848. The maximum absolute atomic E-state index is 13.6. The molecule has 1 amide bonds. The Balaban J connectivity index is 1.80. The Morgan fingerprint density at radius 2 is 2.09 bits per heavy atom. The van der Waals surface area contributed by atoms with Crippen LogP contribution in [0.4, 0.5) is 4.39 Å². The standard InChI is InChI=1S/C17H25FN2O2/c1-11-7-14(8-12(2)17(11)18)13(3)20-16(21)10-19-9-15-5-4-6-22-15/h7-8,13,15,19H,4-6,9-10H2,1-3H3,(H,20,21)/t13-,15+/m0/s1. The van der Waals surface area contributed by atoms with E-state index in [9.17, 15) is 9.18 Å². The third-order valence-corrected chi connectivity index (χ3v) is 4.02. The maximum Gasteiger partial charge on any atom is 0.234 e. The molecule has 2 N–H and O–H groups in total. The number of aryl methyl sites for hydroxylation is 2. The van der Waals surface area contributed by atoms with E-state index >= 15 is 0 Å². The minimum absolute atomic E-state index is 0.0647. The minimum atomic E-state index is -0.180. The molecule has 0 saturated carbocycles. The van der Waals surface area contributed by atoms with Crippen LogP contribution in [-0.4, -0.2) is 31.7 Å². The summed E-state index contributed by atoms with van der Waals surface area (Å²) < 4.78 is 19.1. The van der Waals surface area contributed by atoms with E-state index in [1.807, 2.05) is 6.92 Å². The summed E-state index contributed by atoms with van der Waals surface area (Å²) in [7, 11) is 0. The molecule has 1 fully saturated rings. The summed E-state index contributed by atoms with van der Waals surface area (Å²) in [6.45, 7) is 7.18. The number of halogens is 1. The molecule has 22 heavy (non-hydrogen) atoms. The molecule has 0 radical (unpaired) electrons. The van der Waals surface area contributed by atoms with Crippen molar-refractivity contribution < 1.29 is 13.9 Å². The second-order valence-electron chi connectivity index (χ2n) is 6.02. The summed E-state index contributed by atoms with van der Waals surface area (Å²) in [4.78, 5) is 11.9. The van der Waals surface area contributed by atoms with Crippen molar-refractivity contribution in [3.63, 3.8) is 0 Å². The SMILES string of the molecule is Cc1cc([C@H](C)NC(=O)CNC[C@H]2CCCO2)cc(C)c1F. The molecule has 1 heterocycles. The third-order valence-electron chi connectivity index (χ3n) is 4.02. The van der Waals surface area contributed by atoms with Crippen molar-refractivity contribution in [2.45, 2.75) is 45.8 Å². The Kier molecular flexibility index (Phi) is 5.91. The molecule has 0 bridgehead atoms. The number of ether oxygens (including phenoxy) is 1. The van der Waals surface area contributed by atoms with Crippen LogP contribution in [0, 0.1) is 19.7 Å². The highest BCUT2D eigenvalue weighted by Crippen LogP contribution is 2.19. The zero-order valence-electron chi connectivity index (χ0n) is 13.5. The van der Waals surface area contributed by atoms with Gasteiger partial charge in [0.1, 0.15) is 5.82 Å². The lowest BCUT2D eigenvalue weighted by atomic mass is 10.0. The van der Waals surface area contributed by atoms with Gasteiger partial charge in [0.05, 0.1) is 18.7 Å². The predicted octanol–water partition coefficient (Wildman–Crippen LogP) is 2.39. The molecule has 0 aromatic heterocycles. The van der Waals surface area contributed by atoms with Crippen molar-refractivity contribution in [3.8, 4) is 0 Å². The van der Waals surface area contributed by atoms with E-state index in [-0.39, 0.29) is 30.4 Å². The number of carbonyl (C=O) groups excluding carboxylic acids is 1. The van der Waals surface area contributed by atoms with E-state index in [1.165, 1.54) is 0 Å². The van der Waals surface area contributed by atoms with E-state index in [4.69, 9.17) is 4.74 Å². The normalized spacial score (nSPS) is 19.2. The van der Waals surface area contributed by atoms with Crippen LogP contribution >= 0.6 is 0 Å². The lowest BCUT2D eigenvalue weighted by Crippen LogP contribution is -2.38. The van der Waals surface area contributed by atoms with Gasteiger partial charge < -0.3 is 15.4 Å². The smallest absolute Gasteiger partial charge is 0.234 e. The maximum atomic E-state index is 13.6. The van der Waals surface area contributed by atoms with Gasteiger partial charge >= 0.3 is 0 Å². The number of amides is 1. The number of carbonyl (C=O) groups is 1. The molecule has 5 heteroatoms. The van der Waals surface area contributed by atoms with Crippen LogP contribution in [0.5, 0.6) is 0 Å². The number of rotatable bonds is 6. The first-order valence-corrected chi connectivity index (χ1v) is 7.85. The van der Waals surface area contributed by atoms with E-state index in [0.717, 1.165) is 25.0 Å². The average Bonchev–Trinajstić information content (AvgIpc) is 2.97. The summed E-state index contributed by atoms with van der Waals surface area (Å²) in [5.74, 6) is -0.245. The van der Waals surface area contributed by atoms with Gasteiger partial charge in [0.25, 0.3) is 0 Å². The lowest BCUT2D eigenvalue weighted by Gasteiger charge is -2.17. The van der Waals surface area contributed by atoms with Gasteiger partial charge in [0.15, 0.2) is 0 Å². The Bertz CT molecular complexity index is 504. The zero-order valence-corrected chi connectivity index (χ0v) is 13.5. The number of benzene rings is 1. The molecule has 0 spiro atoms. The Labute approximate surface area is 131 Å². The van der Waals surface area contributed by atoms with Gasteiger partial charge in [-0.1, -0.05) is 12.1 Å². The second-order valence-corrected chi connectivity index (χ2v) is 6.02. The zero-order chi connectivity index (χ0) is 16.1. The van der Waals surface area contributed by atoms with E-state index in [2.05, 4.69) is 10.6 Å². The lowest BCUT2D eigenvalue weighted by molar-refractivity contribution is -0.120. The molecule has 0 unspecified atom stereocenters. The third kappa shape index (κ3) is 4.52. The molecule has 2 rings (SSSR count). The molecular formula is C17H25FN2O2. The Hall–Kier alpha value is -1.46. The molecule has 2 atom stereocenters. The first-order chi connectivity index (χ1) is 10.5. The number of hydrogen-bond donors (Lipinski definition) is 2. The Morgan fingerprint density at radius 1 is 1.41 bits per heavy atom. The molecular weight excluding hydrogens is 283 g/mol. The molecule has 1 saturated heterocycles. The van der Waals surface area contributed by atoms with Crippen LogP contribution in [0.15, 0.2) is 12.1 Å². The Morgan fingerprint density at radius 3 is 2.68 bits per heavy atom. The highest BCUT2D eigenvalue weighted by atomic mass is 19.1. The molecule has 1 aliphatic rings. The fraction of sp³-hybridized carbons (Fsp3) is 0.588. The van der Waals surface area contributed by atoms with Crippen LogP contribution in [0.25, 0.3) is 0 Å². The van der Waals surface area contributed by atoms with Gasteiger partial charge in [-0.3, -0.25) is 4.79 Å².